The second kappa shape index (κ2) is 6.50. The van der Waals surface area contributed by atoms with Gasteiger partial charge in [0.25, 0.3) is 0 Å². The van der Waals surface area contributed by atoms with E-state index in [1.54, 1.807) is 7.11 Å². The number of hydrogen-bond donors (Lipinski definition) is 1. The van der Waals surface area contributed by atoms with Gasteiger partial charge in [0.1, 0.15) is 11.6 Å². The molecular formula is C16H22ClN3O. The predicted molar refractivity (Wildman–Crippen MR) is 85.9 cm³/mol. The molecule has 2 aromatic rings. The third kappa shape index (κ3) is 4.48. The van der Waals surface area contributed by atoms with Gasteiger partial charge in [-0.05, 0) is 39.0 Å². The molecule has 2 rings (SSSR count). The number of halogens is 1. The van der Waals surface area contributed by atoms with E-state index >= 15 is 0 Å². The van der Waals surface area contributed by atoms with Crippen LogP contribution in [-0.4, -0.2) is 22.2 Å². The Morgan fingerprint density at radius 3 is 2.76 bits per heavy atom. The Balaban J connectivity index is 2.17. The second-order valence-corrected chi connectivity index (χ2v) is 6.47. The fourth-order valence-corrected chi connectivity index (χ4v) is 2.24. The molecule has 0 saturated carbocycles. The smallest absolute Gasteiger partial charge is 0.123 e. The van der Waals surface area contributed by atoms with Gasteiger partial charge in [-0.2, -0.15) is 0 Å². The Morgan fingerprint density at radius 1 is 1.33 bits per heavy atom. The molecule has 4 nitrogen and oxygen atoms in total. The fourth-order valence-electron chi connectivity index (χ4n) is 2.05. The lowest BCUT2D eigenvalue weighted by Crippen LogP contribution is -2.36. The standard InChI is InChI=1S/C16H22ClN3O/c1-16(2,3)19-10-15-18-7-8-20(15)11-12-9-13(17)5-6-14(12)21-4/h5-9,19H,10-11H2,1-4H3. The van der Waals surface area contributed by atoms with Crippen molar-refractivity contribution in [1.82, 2.24) is 14.9 Å². The van der Waals surface area contributed by atoms with Crippen molar-refractivity contribution in [3.05, 3.63) is 47.0 Å². The average Bonchev–Trinajstić information content (AvgIpc) is 2.83. The number of ether oxygens (including phenoxy) is 1. The zero-order valence-electron chi connectivity index (χ0n) is 13.0. The van der Waals surface area contributed by atoms with Gasteiger partial charge in [-0.3, -0.25) is 0 Å². The quantitative estimate of drug-likeness (QED) is 0.919. The summed E-state index contributed by atoms with van der Waals surface area (Å²) in [6.07, 6.45) is 3.79. The lowest BCUT2D eigenvalue weighted by atomic mass is 10.1. The van der Waals surface area contributed by atoms with E-state index in [2.05, 4.69) is 35.6 Å². The first kappa shape index (κ1) is 15.9. The van der Waals surface area contributed by atoms with Crippen LogP contribution < -0.4 is 10.1 Å². The summed E-state index contributed by atoms with van der Waals surface area (Å²) in [4.78, 5) is 4.42. The summed E-state index contributed by atoms with van der Waals surface area (Å²) in [6, 6.07) is 5.66. The normalized spacial score (nSPS) is 11.7. The van der Waals surface area contributed by atoms with Gasteiger partial charge in [0.05, 0.1) is 20.2 Å². The van der Waals surface area contributed by atoms with Crippen molar-refractivity contribution in [2.45, 2.75) is 39.4 Å². The van der Waals surface area contributed by atoms with Crippen LogP contribution in [0.2, 0.25) is 5.02 Å². The molecular weight excluding hydrogens is 286 g/mol. The van der Waals surface area contributed by atoms with Crippen LogP contribution in [0.15, 0.2) is 30.6 Å². The summed E-state index contributed by atoms with van der Waals surface area (Å²) in [5.41, 5.74) is 1.10. The summed E-state index contributed by atoms with van der Waals surface area (Å²) in [7, 11) is 1.67. The van der Waals surface area contributed by atoms with E-state index in [9.17, 15) is 0 Å². The predicted octanol–water partition coefficient (Wildman–Crippen LogP) is 3.48. The van der Waals surface area contributed by atoms with E-state index in [-0.39, 0.29) is 5.54 Å². The van der Waals surface area contributed by atoms with Gasteiger partial charge < -0.3 is 14.6 Å². The van der Waals surface area contributed by atoms with E-state index in [1.807, 2.05) is 30.6 Å². The average molecular weight is 308 g/mol. The fraction of sp³-hybridized carbons (Fsp3) is 0.438. The van der Waals surface area contributed by atoms with Crippen molar-refractivity contribution in [1.29, 1.82) is 0 Å². The minimum atomic E-state index is 0.0600. The first-order valence-electron chi connectivity index (χ1n) is 6.96. The van der Waals surface area contributed by atoms with Crippen LogP contribution in [0.3, 0.4) is 0 Å². The Labute approximate surface area is 131 Å². The van der Waals surface area contributed by atoms with E-state index in [0.717, 1.165) is 23.7 Å². The lowest BCUT2D eigenvalue weighted by Gasteiger charge is -2.20. The molecule has 0 aliphatic rings. The highest BCUT2D eigenvalue weighted by molar-refractivity contribution is 6.30. The molecule has 5 heteroatoms. The van der Waals surface area contributed by atoms with E-state index in [1.165, 1.54) is 0 Å². The molecule has 0 amide bonds. The molecule has 0 fully saturated rings. The summed E-state index contributed by atoms with van der Waals surface area (Å²) in [5, 5.41) is 4.16. The number of imidazole rings is 1. The van der Waals surface area contributed by atoms with Gasteiger partial charge >= 0.3 is 0 Å². The molecule has 0 atom stereocenters. The number of nitrogens with one attached hydrogen (secondary N) is 1. The highest BCUT2D eigenvalue weighted by Crippen LogP contribution is 2.23. The molecule has 0 bridgehead atoms. The zero-order valence-corrected chi connectivity index (χ0v) is 13.7. The first-order chi connectivity index (χ1) is 9.89. The molecule has 1 N–H and O–H groups in total. The lowest BCUT2D eigenvalue weighted by molar-refractivity contribution is 0.404. The number of aromatic nitrogens is 2. The molecule has 0 saturated heterocycles. The molecule has 114 valence electrons. The Kier molecular flexibility index (Phi) is 4.91. The Hall–Kier alpha value is -1.52. The minimum absolute atomic E-state index is 0.0600. The molecule has 1 aromatic carbocycles. The molecule has 1 heterocycles. The molecule has 0 aliphatic heterocycles. The van der Waals surface area contributed by atoms with Gasteiger partial charge in [0.2, 0.25) is 0 Å². The van der Waals surface area contributed by atoms with Crippen molar-refractivity contribution in [2.24, 2.45) is 0 Å². The monoisotopic (exact) mass is 307 g/mol. The molecule has 0 radical (unpaired) electrons. The highest BCUT2D eigenvalue weighted by atomic mass is 35.5. The van der Waals surface area contributed by atoms with Crippen molar-refractivity contribution in [3.8, 4) is 5.75 Å². The molecule has 1 aromatic heterocycles. The maximum absolute atomic E-state index is 6.08. The SMILES string of the molecule is COc1ccc(Cl)cc1Cn1ccnc1CNC(C)(C)C. The maximum atomic E-state index is 6.08. The molecule has 0 unspecified atom stereocenters. The van der Waals surface area contributed by atoms with Gasteiger partial charge in [0.15, 0.2) is 0 Å². The second-order valence-electron chi connectivity index (χ2n) is 6.03. The van der Waals surface area contributed by atoms with Crippen LogP contribution in [0.25, 0.3) is 0 Å². The Morgan fingerprint density at radius 2 is 2.10 bits per heavy atom. The van der Waals surface area contributed by atoms with E-state index in [4.69, 9.17) is 16.3 Å². The maximum Gasteiger partial charge on any atom is 0.123 e. The first-order valence-corrected chi connectivity index (χ1v) is 7.34. The summed E-state index contributed by atoms with van der Waals surface area (Å²) < 4.78 is 7.50. The summed E-state index contributed by atoms with van der Waals surface area (Å²) in [6.45, 7) is 7.82. The van der Waals surface area contributed by atoms with E-state index in [0.29, 0.717) is 11.6 Å². The third-order valence-electron chi connectivity index (χ3n) is 3.16. The van der Waals surface area contributed by atoms with Gasteiger partial charge in [-0.25, -0.2) is 4.98 Å². The van der Waals surface area contributed by atoms with Gasteiger partial charge in [0, 0.05) is 28.5 Å². The number of methoxy groups -OCH3 is 1. The van der Waals surface area contributed by atoms with Gasteiger partial charge in [-0.1, -0.05) is 11.6 Å². The van der Waals surface area contributed by atoms with Crippen molar-refractivity contribution in [3.63, 3.8) is 0 Å². The van der Waals surface area contributed by atoms with Crippen LogP contribution in [-0.2, 0) is 13.1 Å². The largest absolute Gasteiger partial charge is 0.496 e. The van der Waals surface area contributed by atoms with Crippen molar-refractivity contribution < 1.29 is 4.74 Å². The van der Waals surface area contributed by atoms with Crippen molar-refractivity contribution >= 4 is 11.6 Å². The number of nitrogens with zero attached hydrogens (tertiary/aromatic N) is 2. The summed E-state index contributed by atoms with van der Waals surface area (Å²) >= 11 is 6.08. The topological polar surface area (TPSA) is 39.1 Å². The number of benzene rings is 1. The third-order valence-corrected chi connectivity index (χ3v) is 3.40. The van der Waals surface area contributed by atoms with Crippen LogP contribution in [0.1, 0.15) is 32.2 Å². The van der Waals surface area contributed by atoms with Gasteiger partial charge in [-0.15, -0.1) is 0 Å². The molecule has 0 spiro atoms. The highest BCUT2D eigenvalue weighted by Gasteiger charge is 2.12. The van der Waals surface area contributed by atoms with Crippen LogP contribution >= 0.6 is 11.6 Å². The molecule has 21 heavy (non-hydrogen) atoms. The Bertz CT molecular complexity index is 602. The van der Waals surface area contributed by atoms with E-state index < -0.39 is 0 Å². The van der Waals surface area contributed by atoms with Crippen molar-refractivity contribution in [2.75, 3.05) is 7.11 Å². The number of hydrogen-bond acceptors (Lipinski definition) is 3. The zero-order chi connectivity index (χ0) is 15.5. The number of rotatable bonds is 5. The summed E-state index contributed by atoms with van der Waals surface area (Å²) in [5.74, 6) is 1.83. The van der Waals surface area contributed by atoms with Crippen LogP contribution in [0.5, 0.6) is 5.75 Å². The minimum Gasteiger partial charge on any atom is -0.496 e. The molecule has 0 aliphatic carbocycles. The van der Waals surface area contributed by atoms with Crippen LogP contribution in [0.4, 0.5) is 0 Å². The van der Waals surface area contributed by atoms with Crippen LogP contribution in [0, 0.1) is 0 Å².